The minimum atomic E-state index is -4.77. The number of carbonyl (C=O) groups is 1. The molecule has 0 aromatic carbocycles. The highest BCUT2D eigenvalue weighted by atomic mass is 32.3. The largest absolute Gasteiger partial charge is 0.418 e. The molecular formula is C8H11N5O5S. The van der Waals surface area contributed by atoms with E-state index in [-0.39, 0.29) is 13.1 Å². The highest BCUT2D eigenvalue weighted by Crippen LogP contribution is 2.42. The molecule has 1 fully saturated rings. The lowest BCUT2D eigenvalue weighted by Crippen LogP contribution is -2.38. The lowest BCUT2D eigenvalue weighted by molar-refractivity contribution is -0.0317. The molecule has 11 heteroatoms. The molecule has 0 aliphatic carbocycles. The quantitative estimate of drug-likeness (QED) is 0.602. The van der Waals surface area contributed by atoms with Crippen LogP contribution in [0.5, 0.6) is 0 Å². The Balaban J connectivity index is 2.04. The third kappa shape index (κ3) is 1.78. The Bertz CT molecular complexity index is 627. The van der Waals surface area contributed by atoms with Crippen LogP contribution in [0.3, 0.4) is 0 Å². The van der Waals surface area contributed by atoms with Gasteiger partial charge in [0.15, 0.2) is 0 Å². The predicted molar refractivity (Wildman–Crippen MR) is 59.7 cm³/mol. The van der Waals surface area contributed by atoms with Crippen LogP contribution in [0.2, 0.25) is 0 Å². The highest BCUT2D eigenvalue weighted by molar-refractivity contribution is 7.80. The van der Waals surface area contributed by atoms with Crippen molar-refractivity contribution in [3.8, 4) is 0 Å². The molecule has 0 radical (unpaired) electrons. The van der Waals surface area contributed by atoms with Gasteiger partial charge in [-0.2, -0.15) is 18.6 Å². The monoisotopic (exact) mass is 289 g/mol. The number of fused-ring (bicyclic) bond motifs is 4. The van der Waals surface area contributed by atoms with Crippen LogP contribution in [0, 0.1) is 0 Å². The summed E-state index contributed by atoms with van der Waals surface area (Å²) in [6.07, 6.45) is 1.49. The summed E-state index contributed by atoms with van der Waals surface area (Å²) in [5.74, 6) is 0. The number of H-pyrrole nitrogens is 1. The first-order chi connectivity index (χ1) is 8.92. The zero-order valence-corrected chi connectivity index (χ0v) is 10.4. The van der Waals surface area contributed by atoms with Crippen molar-refractivity contribution in [2.24, 2.45) is 5.73 Å². The van der Waals surface area contributed by atoms with Gasteiger partial charge in [-0.1, -0.05) is 0 Å². The summed E-state index contributed by atoms with van der Waals surface area (Å²) in [5, 5.41) is 7.23. The lowest BCUT2D eigenvalue weighted by atomic mass is 9.98. The molecule has 2 aliphatic heterocycles. The second-order valence-corrected chi connectivity index (χ2v) is 5.27. The van der Waals surface area contributed by atoms with E-state index in [0.29, 0.717) is 16.3 Å². The van der Waals surface area contributed by atoms with Crippen molar-refractivity contribution in [1.29, 1.82) is 0 Å². The van der Waals surface area contributed by atoms with Gasteiger partial charge in [-0.3, -0.25) is 9.65 Å². The fraction of sp³-hybridized carbons (Fsp3) is 0.500. The van der Waals surface area contributed by atoms with E-state index in [1.54, 1.807) is 0 Å². The fourth-order valence-corrected chi connectivity index (χ4v) is 2.88. The van der Waals surface area contributed by atoms with Crippen LogP contribution in [0.4, 0.5) is 4.79 Å². The van der Waals surface area contributed by atoms with Crippen LogP contribution in [0.25, 0.3) is 0 Å². The van der Waals surface area contributed by atoms with E-state index in [1.807, 2.05) is 0 Å². The summed E-state index contributed by atoms with van der Waals surface area (Å²) in [5.41, 5.74) is 6.90. The van der Waals surface area contributed by atoms with E-state index in [9.17, 15) is 13.2 Å². The molecule has 2 aliphatic rings. The summed E-state index contributed by atoms with van der Waals surface area (Å²) in [4.78, 5) is 13.4. The van der Waals surface area contributed by atoms with E-state index < -0.39 is 28.5 Å². The summed E-state index contributed by atoms with van der Waals surface area (Å²) < 4.78 is 34.6. The Labute approximate surface area is 108 Å². The van der Waals surface area contributed by atoms with Crippen molar-refractivity contribution in [3.63, 3.8) is 0 Å². The van der Waals surface area contributed by atoms with Crippen molar-refractivity contribution >= 4 is 16.4 Å². The minimum Gasteiger partial charge on any atom is -0.328 e. The molecule has 0 saturated carbocycles. The molecule has 2 bridgehead atoms. The number of nitrogens with two attached hydrogens (primary N) is 1. The summed E-state index contributed by atoms with van der Waals surface area (Å²) in [6, 6.07) is -1.73. The van der Waals surface area contributed by atoms with Gasteiger partial charge in [-0.05, 0) is 0 Å². The lowest BCUT2D eigenvalue weighted by Gasteiger charge is -2.28. The summed E-state index contributed by atoms with van der Waals surface area (Å²) in [6.45, 7) is 0.385. The van der Waals surface area contributed by atoms with Crippen molar-refractivity contribution in [3.05, 3.63) is 17.5 Å². The molecule has 1 aromatic rings. The Hall–Kier alpha value is -1.69. The molecule has 2 amide bonds. The van der Waals surface area contributed by atoms with Crippen LogP contribution in [-0.2, 0) is 14.7 Å². The summed E-state index contributed by atoms with van der Waals surface area (Å²) in [7, 11) is -4.77. The van der Waals surface area contributed by atoms with Gasteiger partial charge in [0.05, 0.1) is 24.5 Å². The van der Waals surface area contributed by atoms with E-state index in [4.69, 9.17) is 10.3 Å². The molecule has 3 heterocycles. The van der Waals surface area contributed by atoms with Gasteiger partial charge in [-0.15, -0.1) is 4.28 Å². The molecule has 19 heavy (non-hydrogen) atoms. The van der Waals surface area contributed by atoms with Crippen molar-refractivity contribution in [1.82, 2.24) is 20.2 Å². The second-order valence-electron chi connectivity index (χ2n) is 4.27. The standard InChI is InChI=1S/C8H11N5O5S/c9-1-5-7-4(2-10-11-7)6-3-12(5)8(14)13(6)18-19(15,16)17/h2,5-6H,1,3,9H2,(H,10,11)(H,15,16,17). The van der Waals surface area contributed by atoms with Crippen molar-refractivity contribution in [2.75, 3.05) is 13.1 Å². The Kier molecular flexibility index (Phi) is 2.53. The van der Waals surface area contributed by atoms with Crippen LogP contribution in [0.1, 0.15) is 23.3 Å². The summed E-state index contributed by atoms with van der Waals surface area (Å²) >= 11 is 0. The number of hydroxylamine groups is 2. The molecule has 10 nitrogen and oxygen atoms in total. The molecule has 1 saturated heterocycles. The first-order valence-electron chi connectivity index (χ1n) is 5.42. The fourth-order valence-electron chi connectivity index (χ4n) is 2.51. The molecular weight excluding hydrogens is 278 g/mol. The van der Waals surface area contributed by atoms with Gasteiger partial charge in [0.1, 0.15) is 6.04 Å². The van der Waals surface area contributed by atoms with Crippen molar-refractivity contribution < 1.29 is 22.0 Å². The SMILES string of the molecule is NCC1c2[nH]ncc2C2CN1C(=O)N2OS(=O)(=O)O. The number of nitrogens with one attached hydrogen (secondary N) is 1. The molecule has 3 rings (SSSR count). The highest BCUT2D eigenvalue weighted by Gasteiger charge is 2.50. The average Bonchev–Trinajstić information content (AvgIpc) is 2.89. The Morgan fingerprint density at radius 1 is 1.63 bits per heavy atom. The van der Waals surface area contributed by atoms with Crippen LogP contribution >= 0.6 is 0 Å². The molecule has 4 N–H and O–H groups in total. The van der Waals surface area contributed by atoms with Gasteiger partial charge in [0.25, 0.3) is 0 Å². The van der Waals surface area contributed by atoms with Gasteiger partial charge in [0.2, 0.25) is 0 Å². The first-order valence-corrected chi connectivity index (χ1v) is 6.79. The van der Waals surface area contributed by atoms with E-state index in [1.165, 1.54) is 11.1 Å². The number of amides is 2. The van der Waals surface area contributed by atoms with Gasteiger partial charge >= 0.3 is 16.4 Å². The smallest absolute Gasteiger partial charge is 0.328 e. The molecule has 2 atom stereocenters. The number of hydrogen-bond acceptors (Lipinski definition) is 6. The normalized spacial score (nSPS) is 25.9. The number of nitrogens with zero attached hydrogens (tertiary/aromatic N) is 3. The minimum absolute atomic E-state index is 0.160. The number of hydrogen-bond donors (Lipinski definition) is 3. The maximum absolute atomic E-state index is 12.1. The Morgan fingerprint density at radius 2 is 2.37 bits per heavy atom. The Morgan fingerprint density at radius 3 is 3.00 bits per heavy atom. The van der Waals surface area contributed by atoms with Gasteiger partial charge in [-0.25, -0.2) is 4.79 Å². The van der Waals surface area contributed by atoms with Crippen molar-refractivity contribution in [2.45, 2.75) is 12.1 Å². The van der Waals surface area contributed by atoms with Crippen LogP contribution in [0.15, 0.2) is 6.20 Å². The molecule has 2 unspecified atom stereocenters. The number of urea groups is 1. The van der Waals surface area contributed by atoms with E-state index >= 15 is 0 Å². The average molecular weight is 289 g/mol. The molecule has 1 aromatic heterocycles. The first kappa shape index (κ1) is 12.3. The topological polar surface area (TPSA) is 142 Å². The zero-order chi connectivity index (χ0) is 13.8. The van der Waals surface area contributed by atoms with E-state index in [0.717, 1.165) is 0 Å². The van der Waals surface area contributed by atoms with E-state index in [2.05, 4.69) is 14.5 Å². The maximum atomic E-state index is 12.1. The number of aromatic nitrogens is 2. The number of carbonyl (C=O) groups excluding carboxylic acids is 1. The van der Waals surface area contributed by atoms with Crippen LogP contribution in [-0.4, -0.2) is 52.3 Å². The molecule has 0 spiro atoms. The second kappa shape index (κ2) is 3.90. The third-order valence-electron chi connectivity index (χ3n) is 3.25. The molecule has 104 valence electrons. The maximum Gasteiger partial charge on any atom is 0.418 e. The van der Waals surface area contributed by atoms with Gasteiger partial charge in [0, 0.05) is 12.1 Å². The zero-order valence-electron chi connectivity index (χ0n) is 9.55. The number of aromatic amines is 1. The predicted octanol–water partition coefficient (Wildman–Crippen LogP) is -1.06. The van der Waals surface area contributed by atoms with Gasteiger partial charge < -0.3 is 10.6 Å². The third-order valence-corrected chi connectivity index (χ3v) is 3.60. The van der Waals surface area contributed by atoms with Crippen LogP contribution < -0.4 is 5.73 Å². The number of rotatable bonds is 3.